The molecule has 0 aliphatic carbocycles. The Labute approximate surface area is 197 Å². The molecule has 0 N–H and O–H groups in total. The van der Waals surface area contributed by atoms with Crippen LogP contribution in [0.4, 0.5) is 5.69 Å². The summed E-state index contributed by atoms with van der Waals surface area (Å²) in [6.45, 7) is 1.93. The minimum Gasteiger partial charge on any atom is -0.497 e. The van der Waals surface area contributed by atoms with Crippen LogP contribution in [0.15, 0.2) is 65.7 Å². The average molecular weight is 479 g/mol. The van der Waals surface area contributed by atoms with Gasteiger partial charge in [-0.3, -0.25) is 14.9 Å². The van der Waals surface area contributed by atoms with E-state index in [0.29, 0.717) is 16.3 Å². The number of carbonyl (C=O) groups is 1. The molecule has 0 amide bonds. The number of benzene rings is 2. The molecule has 0 unspecified atom stereocenters. The van der Waals surface area contributed by atoms with Gasteiger partial charge in [-0.1, -0.05) is 23.9 Å². The highest BCUT2D eigenvalue weighted by atomic mass is 32.2. The maximum atomic E-state index is 12.4. The molecule has 8 nitrogen and oxygen atoms in total. The molecule has 4 aromatic rings. The maximum Gasteiger partial charge on any atom is 0.269 e. The molecule has 0 radical (unpaired) electrons. The third-order valence-corrected chi connectivity index (χ3v) is 6.89. The second kappa shape index (κ2) is 9.88. The third kappa shape index (κ3) is 5.24. The van der Waals surface area contributed by atoms with Crippen LogP contribution in [0.3, 0.4) is 0 Å². The molecule has 2 aromatic heterocycles. The van der Waals surface area contributed by atoms with Crippen molar-refractivity contribution in [3.8, 4) is 26.9 Å². The fourth-order valence-electron chi connectivity index (χ4n) is 3.02. The number of rotatable bonds is 8. The van der Waals surface area contributed by atoms with Crippen molar-refractivity contribution in [1.29, 1.82) is 0 Å². The number of ketones is 1. The predicted octanol–water partition coefficient (Wildman–Crippen LogP) is 5.47. The highest BCUT2D eigenvalue weighted by molar-refractivity contribution is 7.99. The lowest BCUT2D eigenvalue weighted by molar-refractivity contribution is -0.384. The number of nitrogens with zero attached hydrogens (tertiary/aromatic N) is 4. The molecular weight excluding hydrogens is 460 g/mol. The Kier molecular flexibility index (Phi) is 6.76. The van der Waals surface area contributed by atoms with E-state index < -0.39 is 4.92 Å². The van der Waals surface area contributed by atoms with E-state index in [-0.39, 0.29) is 17.2 Å². The van der Waals surface area contributed by atoms with Crippen molar-refractivity contribution in [2.75, 3.05) is 12.9 Å². The first kappa shape index (κ1) is 22.6. The summed E-state index contributed by atoms with van der Waals surface area (Å²) in [7, 11) is 1.63. The molecule has 0 atom stereocenters. The van der Waals surface area contributed by atoms with E-state index in [1.54, 1.807) is 7.11 Å². The van der Waals surface area contributed by atoms with Gasteiger partial charge in [0.05, 0.1) is 28.4 Å². The number of hydrogen-bond donors (Lipinski definition) is 0. The number of methoxy groups -OCH3 is 1. The Morgan fingerprint density at radius 2 is 1.91 bits per heavy atom. The molecule has 4 rings (SSSR count). The predicted molar refractivity (Wildman–Crippen MR) is 128 cm³/mol. The van der Waals surface area contributed by atoms with Gasteiger partial charge in [0.1, 0.15) is 21.5 Å². The van der Waals surface area contributed by atoms with Gasteiger partial charge in [-0.2, -0.15) is 0 Å². The standard InChI is InChI=1S/C23H18N4O4S2/c1-14-22(33-23(24-14)16-4-3-5-18(12-16)31-2)19-10-11-21(26-25-19)32-13-20(28)15-6-8-17(9-7-15)27(29)30/h3-12H,13H2,1-2H3. The average Bonchev–Trinajstić information content (AvgIpc) is 3.24. The van der Waals surface area contributed by atoms with Gasteiger partial charge in [0.15, 0.2) is 5.78 Å². The van der Waals surface area contributed by atoms with Crippen molar-refractivity contribution in [2.45, 2.75) is 11.9 Å². The molecule has 0 saturated carbocycles. The summed E-state index contributed by atoms with van der Waals surface area (Å²) in [6.07, 6.45) is 0. The van der Waals surface area contributed by atoms with Crippen LogP contribution in [-0.2, 0) is 0 Å². The van der Waals surface area contributed by atoms with Crippen molar-refractivity contribution in [3.63, 3.8) is 0 Å². The van der Waals surface area contributed by atoms with E-state index in [1.807, 2.05) is 43.3 Å². The van der Waals surface area contributed by atoms with Crippen molar-refractivity contribution < 1.29 is 14.5 Å². The quantitative estimate of drug-likeness (QED) is 0.142. The van der Waals surface area contributed by atoms with E-state index >= 15 is 0 Å². The molecule has 0 aliphatic rings. The van der Waals surface area contributed by atoms with Gasteiger partial charge in [-0.15, -0.1) is 21.5 Å². The van der Waals surface area contributed by atoms with Crippen LogP contribution in [0.25, 0.3) is 21.1 Å². The Morgan fingerprint density at radius 1 is 1.12 bits per heavy atom. The van der Waals surface area contributed by atoms with Gasteiger partial charge < -0.3 is 4.74 Å². The lowest BCUT2D eigenvalue weighted by Gasteiger charge is -2.02. The smallest absolute Gasteiger partial charge is 0.269 e. The number of non-ortho nitro benzene ring substituents is 1. The molecule has 2 aromatic carbocycles. The van der Waals surface area contributed by atoms with Gasteiger partial charge in [0, 0.05) is 23.3 Å². The number of thiazole rings is 1. The van der Waals surface area contributed by atoms with Crippen LogP contribution in [-0.4, -0.2) is 38.8 Å². The second-order valence-corrected chi connectivity index (χ2v) is 8.93. The van der Waals surface area contributed by atoms with Crippen molar-refractivity contribution in [2.24, 2.45) is 0 Å². The van der Waals surface area contributed by atoms with E-state index in [4.69, 9.17) is 4.74 Å². The Bertz CT molecular complexity index is 1310. The fraction of sp³-hybridized carbons (Fsp3) is 0.130. The number of nitro groups is 1. The number of aryl methyl sites for hydroxylation is 1. The molecule has 0 spiro atoms. The minimum atomic E-state index is -0.495. The number of carbonyl (C=O) groups excluding carboxylic acids is 1. The van der Waals surface area contributed by atoms with Crippen LogP contribution in [0.1, 0.15) is 16.1 Å². The molecule has 33 heavy (non-hydrogen) atoms. The van der Waals surface area contributed by atoms with Crippen molar-refractivity contribution in [3.05, 3.63) is 82.0 Å². The van der Waals surface area contributed by atoms with E-state index in [1.165, 1.54) is 47.4 Å². The fourth-order valence-corrected chi connectivity index (χ4v) is 4.76. The summed E-state index contributed by atoms with van der Waals surface area (Å²) in [5, 5.41) is 20.8. The highest BCUT2D eigenvalue weighted by Crippen LogP contribution is 2.35. The molecule has 2 heterocycles. The van der Waals surface area contributed by atoms with Crippen LogP contribution in [0.5, 0.6) is 5.75 Å². The number of hydrogen-bond acceptors (Lipinski definition) is 9. The van der Waals surface area contributed by atoms with Crippen LogP contribution < -0.4 is 4.74 Å². The van der Waals surface area contributed by atoms with E-state index in [2.05, 4.69) is 15.2 Å². The van der Waals surface area contributed by atoms with Crippen LogP contribution in [0, 0.1) is 17.0 Å². The van der Waals surface area contributed by atoms with Crippen molar-refractivity contribution >= 4 is 34.6 Å². The molecule has 0 saturated heterocycles. The highest BCUT2D eigenvalue weighted by Gasteiger charge is 2.15. The zero-order chi connectivity index (χ0) is 23.4. The van der Waals surface area contributed by atoms with Crippen LogP contribution >= 0.6 is 23.1 Å². The molecule has 10 heteroatoms. The zero-order valence-electron chi connectivity index (χ0n) is 17.7. The molecule has 166 valence electrons. The molecular formula is C23H18N4O4S2. The summed E-state index contributed by atoms with van der Waals surface area (Å²) in [6, 6.07) is 17.0. The first-order valence-corrected chi connectivity index (χ1v) is 11.6. The van der Waals surface area contributed by atoms with Crippen molar-refractivity contribution in [1.82, 2.24) is 15.2 Å². The molecule has 0 aliphatic heterocycles. The summed E-state index contributed by atoms with van der Waals surface area (Å²) in [5.74, 6) is 0.791. The lowest BCUT2D eigenvalue weighted by atomic mass is 10.1. The number of Topliss-reactive ketones (excluding diaryl/α,β-unsaturated/α-hetero) is 1. The Balaban J connectivity index is 1.43. The SMILES string of the molecule is COc1cccc(-c2nc(C)c(-c3ccc(SCC(=O)c4ccc([N+](=O)[O-])cc4)nn3)s2)c1. The summed E-state index contributed by atoms with van der Waals surface area (Å²) >= 11 is 2.80. The van der Waals surface area contributed by atoms with Gasteiger partial charge in [-0.05, 0) is 43.3 Å². The number of ether oxygens (including phenoxy) is 1. The third-order valence-electron chi connectivity index (χ3n) is 4.74. The molecule has 0 bridgehead atoms. The first-order valence-electron chi connectivity index (χ1n) is 9.81. The number of aromatic nitrogens is 3. The summed E-state index contributed by atoms with van der Waals surface area (Å²) in [4.78, 5) is 28.2. The monoisotopic (exact) mass is 478 g/mol. The largest absolute Gasteiger partial charge is 0.497 e. The minimum absolute atomic E-state index is 0.0476. The van der Waals surface area contributed by atoms with E-state index in [0.717, 1.165) is 26.9 Å². The summed E-state index contributed by atoms with van der Waals surface area (Å²) < 4.78 is 5.30. The van der Waals surface area contributed by atoms with Gasteiger partial charge in [-0.25, -0.2) is 4.98 Å². The van der Waals surface area contributed by atoms with Gasteiger partial charge in [0.2, 0.25) is 0 Å². The zero-order valence-corrected chi connectivity index (χ0v) is 19.4. The normalized spacial score (nSPS) is 10.7. The van der Waals surface area contributed by atoms with Gasteiger partial charge in [0.25, 0.3) is 5.69 Å². The van der Waals surface area contributed by atoms with E-state index in [9.17, 15) is 14.9 Å². The topological polar surface area (TPSA) is 108 Å². The lowest BCUT2D eigenvalue weighted by Crippen LogP contribution is -2.03. The summed E-state index contributed by atoms with van der Waals surface area (Å²) in [5.41, 5.74) is 2.92. The Hall–Kier alpha value is -3.63. The second-order valence-electron chi connectivity index (χ2n) is 6.94. The first-order chi connectivity index (χ1) is 15.9. The Morgan fingerprint density at radius 3 is 2.58 bits per heavy atom. The van der Waals surface area contributed by atoms with Crippen LogP contribution in [0.2, 0.25) is 0 Å². The molecule has 0 fully saturated rings. The number of thioether (sulfide) groups is 1. The van der Waals surface area contributed by atoms with Gasteiger partial charge >= 0.3 is 0 Å². The maximum absolute atomic E-state index is 12.4. The number of nitro benzene ring substituents is 1.